The van der Waals surface area contributed by atoms with Gasteiger partial charge in [-0.3, -0.25) is 0 Å². The molecule has 0 unspecified atom stereocenters. The summed E-state index contributed by atoms with van der Waals surface area (Å²) in [6, 6.07) is 8.32. The predicted molar refractivity (Wildman–Crippen MR) is 78.6 cm³/mol. The third kappa shape index (κ3) is 8.23. The zero-order valence-corrected chi connectivity index (χ0v) is 12.3. The first-order valence-corrected chi connectivity index (χ1v) is 7.41. The van der Waals surface area contributed by atoms with Gasteiger partial charge in [0.1, 0.15) is 0 Å². The fourth-order valence-electron chi connectivity index (χ4n) is 1.40. The van der Waals surface area contributed by atoms with Crippen LogP contribution in [0.2, 0.25) is 0 Å². The number of benzene rings is 1. The van der Waals surface area contributed by atoms with Crippen molar-refractivity contribution in [2.45, 2.75) is 11.4 Å². The van der Waals surface area contributed by atoms with E-state index in [0.717, 1.165) is 17.9 Å². The number of rotatable bonds is 11. The third-order valence-corrected chi connectivity index (χ3v) is 3.44. The van der Waals surface area contributed by atoms with E-state index in [1.807, 2.05) is 0 Å². The van der Waals surface area contributed by atoms with Crippen molar-refractivity contribution in [3.05, 3.63) is 29.8 Å². The number of thioether (sulfide) groups is 1. The molecule has 0 amide bonds. The minimum Gasteiger partial charge on any atom is -0.382 e. The normalized spacial score (nSPS) is 10.8. The number of nitrogens with two attached hydrogens (primary N) is 1. The molecule has 108 valence electrons. The Morgan fingerprint density at radius 3 is 2.21 bits per heavy atom. The number of hydrogen-bond acceptors (Lipinski definition) is 5. The molecule has 0 aliphatic heterocycles. The number of hydrogen-bond donors (Lipinski definition) is 1. The highest BCUT2D eigenvalue weighted by Gasteiger charge is 1.95. The minimum atomic E-state index is 0.594. The molecular formula is C14H23NO3S. The molecular weight excluding hydrogens is 262 g/mol. The molecule has 4 nitrogen and oxygen atoms in total. The number of ether oxygens (including phenoxy) is 3. The first kappa shape index (κ1) is 16.5. The van der Waals surface area contributed by atoms with Crippen molar-refractivity contribution in [1.29, 1.82) is 0 Å². The van der Waals surface area contributed by atoms with E-state index in [-0.39, 0.29) is 0 Å². The van der Waals surface area contributed by atoms with Crippen LogP contribution in [-0.4, -0.2) is 45.9 Å². The SMILES string of the molecule is COCCOCCOCCSc1ccc(CN)cc1. The molecule has 0 spiro atoms. The molecule has 0 saturated carbocycles. The molecule has 0 bridgehead atoms. The maximum atomic E-state index is 5.55. The quantitative estimate of drug-likeness (QED) is 0.497. The molecule has 0 atom stereocenters. The van der Waals surface area contributed by atoms with Crippen molar-refractivity contribution in [2.75, 3.05) is 45.9 Å². The summed E-state index contributed by atoms with van der Waals surface area (Å²) in [6.07, 6.45) is 0. The van der Waals surface area contributed by atoms with Crippen LogP contribution in [0.4, 0.5) is 0 Å². The second-order valence-corrected chi connectivity index (χ2v) is 5.08. The Hall–Kier alpha value is -0.590. The van der Waals surface area contributed by atoms with E-state index in [0.29, 0.717) is 33.0 Å². The Morgan fingerprint density at radius 1 is 0.947 bits per heavy atom. The van der Waals surface area contributed by atoms with Crippen molar-refractivity contribution in [2.24, 2.45) is 5.73 Å². The van der Waals surface area contributed by atoms with Crippen molar-refractivity contribution >= 4 is 11.8 Å². The van der Waals surface area contributed by atoms with Gasteiger partial charge in [-0.15, -0.1) is 11.8 Å². The van der Waals surface area contributed by atoms with Crippen LogP contribution >= 0.6 is 11.8 Å². The molecule has 0 fully saturated rings. The van der Waals surface area contributed by atoms with Gasteiger partial charge in [-0.2, -0.15) is 0 Å². The summed E-state index contributed by atoms with van der Waals surface area (Å²) in [5.74, 6) is 0.944. The Labute approximate surface area is 119 Å². The van der Waals surface area contributed by atoms with E-state index in [9.17, 15) is 0 Å². The van der Waals surface area contributed by atoms with Crippen LogP contribution in [0, 0.1) is 0 Å². The molecule has 0 radical (unpaired) electrons. The summed E-state index contributed by atoms with van der Waals surface area (Å²) in [6.45, 7) is 3.85. The van der Waals surface area contributed by atoms with E-state index < -0.39 is 0 Å². The van der Waals surface area contributed by atoms with Gasteiger partial charge in [-0.25, -0.2) is 0 Å². The zero-order valence-electron chi connectivity index (χ0n) is 11.5. The Balaban J connectivity index is 1.95. The average Bonchev–Trinajstić information content (AvgIpc) is 2.46. The standard InChI is InChI=1S/C14H23NO3S/c1-16-6-7-17-8-9-18-10-11-19-14-4-2-13(12-15)3-5-14/h2-5H,6-12,15H2,1H3. The Bertz CT molecular complexity index is 319. The minimum absolute atomic E-state index is 0.594. The molecule has 0 saturated heterocycles. The Morgan fingerprint density at radius 2 is 1.58 bits per heavy atom. The first-order valence-electron chi connectivity index (χ1n) is 6.43. The molecule has 19 heavy (non-hydrogen) atoms. The van der Waals surface area contributed by atoms with E-state index >= 15 is 0 Å². The molecule has 0 aliphatic rings. The zero-order chi connectivity index (χ0) is 13.8. The van der Waals surface area contributed by atoms with Gasteiger partial charge < -0.3 is 19.9 Å². The van der Waals surface area contributed by atoms with Crippen LogP contribution in [0.3, 0.4) is 0 Å². The van der Waals surface area contributed by atoms with Crippen LogP contribution in [-0.2, 0) is 20.8 Å². The van der Waals surface area contributed by atoms with Crippen LogP contribution in [0.25, 0.3) is 0 Å². The van der Waals surface area contributed by atoms with Gasteiger partial charge in [-0.1, -0.05) is 12.1 Å². The van der Waals surface area contributed by atoms with Gasteiger partial charge in [-0.05, 0) is 17.7 Å². The summed E-state index contributed by atoms with van der Waals surface area (Å²) < 4.78 is 15.6. The number of methoxy groups -OCH3 is 1. The highest BCUT2D eigenvalue weighted by atomic mass is 32.2. The van der Waals surface area contributed by atoms with E-state index in [1.54, 1.807) is 18.9 Å². The maximum Gasteiger partial charge on any atom is 0.0701 e. The second kappa shape index (κ2) is 11.3. The summed E-state index contributed by atoms with van der Waals surface area (Å²) in [4.78, 5) is 1.25. The molecule has 1 aromatic rings. The van der Waals surface area contributed by atoms with Gasteiger partial charge in [0, 0.05) is 24.3 Å². The van der Waals surface area contributed by atoms with Crippen LogP contribution in [0.5, 0.6) is 0 Å². The summed E-state index contributed by atoms with van der Waals surface area (Å²) in [7, 11) is 1.66. The van der Waals surface area contributed by atoms with Crippen molar-refractivity contribution in [3.8, 4) is 0 Å². The average molecular weight is 285 g/mol. The van der Waals surface area contributed by atoms with Gasteiger partial charge in [0.25, 0.3) is 0 Å². The molecule has 1 rings (SSSR count). The fraction of sp³-hybridized carbons (Fsp3) is 0.571. The van der Waals surface area contributed by atoms with Crippen molar-refractivity contribution in [3.63, 3.8) is 0 Å². The monoisotopic (exact) mass is 285 g/mol. The van der Waals surface area contributed by atoms with Crippen LogP contribution in [0.15, 0.2) is 29.2 Å². The lowest BCUT2D eigenvalue weighted by molar-refractivity contribution is 0.0286. The van der Waals surface area contributed by atoms with E-state index in [2.05, 4.69) is 24.3 Å². The van der Waals surface area contributed by atoms with E-state index in [4.69, 9.17) is 19.9 Å². The summed E-state index contributed by atoms with van der Waals surface area (Å²) in [5, 5.41) is 0. The van der Waals surface area contributed by atoms with Crippen LogP contribution in [0.1, 0.15) is 5.56 Å². The topological polar surface area (TPSA) is 53.7 Å². The Kier molecular flexibility index (Phi) is 9.75. The highest BCUT2D eigenvalue weighted by molar-refractivity contribution is 7.99. The highest BCUT2D eigenvalue weighted by Crippen LogP contribution is 2.17. The van der Waals surface area contributed by atoms with Crippen molar-refractivity contribution < 1.29 is 14.2 Å². The summed E-state index contributed by atoms with van der Waals surface area (Å²) in [5.41, 5.74) is 6.71. The first-order chi connectivity index (χ1) is 9.36. The lowest BCUT2D eigenvalue weighted by atomic mass is 10.2. The maximum absolute atomic E-state index is 5.55. The second-order valence-electron chi connectivity index (χ2n) is 3.91. The molecule has 2 N–H and O–H groups in total. The van der Waals surface area contributed by atoms with Gasteiger partial charge >= 0.3 is 0 Å². The van der Waals surface area contributed by atoms with Crippen LogP contribution < -0.4 is 5.73 Å². The third-order valence-electron chi connectivity index (χ3n) is 2.46. The van der Waals surface area contributed by atoms with Gasteiger partial charge in [0.05, 0.1) is 33.0 Å². The van der Waals surface area contributed by atoms with Gasteiger partial charge in [0.2, 0.25) is 0 Å². The summed E-state index contributed by atoms with van der Waals surface area (Å²) >= 11 is 1.78. The molecule has 0 aliphatic carbocycles. The molecule has 1 aromatic carbocycles. The molecule has 5 heteroatoms. The van der Waals surface area contributed by atoms with Crippen molar-refractivity contribution in [1.82, 2.24) is 0 Å². The smallest absolute Gasteiger partial charge is 0.0701 e. The lowest BCUT2D eigenvalue weighted by Gasteiger charge is -2.06. The predicted octanol–water partition coefficient (Wildman–Crippen LogP) is 1.92. The lowest BCUT2D eigenvalue weighted by Crippen LogP contribution is -2.09. The largest absolute Gasteiger partial charge is 0.382 e. The fourth-order valence-corrected chi connectivity index (χ4v) is 2.17. The van der Waals surface area contributed by atoms with Gasteiger partial charge in [0.15, 0.2) is 0 Å². The molecule has 0 heterocycles. The molecule has 0 aromatic heterocycles. The van der Waals surface area contributed by atoms with E-state index in [1.165, 1.54) is 4.90 Å².